The van der Waals surface area contributed by atoms with Crippen molar-refractivity contribution in [3.05, 3.63) is 49.1 Å². The van der Waals surface area contributed by atoms with Crippen molar-refractivity contribution in [1.29, 1.82) is 0 Å². The van der Waals surface area contributed by atoms with Crippen LogP contribution in [0, 0.1) is 0 Å². The highest BCUT2D eigenvalue weighted by molar-refractivity contribution is 6.90. The molecular formula is C50H132O5Si10. The molecule has 1 N–H and O–H groups in total. The van der Waals surface area contributed by atoms with E-state index in [1.807, 2.05) is 30.2 Å². The summed E-state index contributed by atoms with van der Waals surface area (Å²) >= 11 is 0. The molecule has 0 bridgehead atoms. The van der Waals surface area contributed by atoms with Crippen molar-refractivity contribution in [2.45, 2.75) is 277 Å². The Kier molecular flexibility index (Phi) is 50.3. The molecule has 0 saturated carbocycles. The van der Waals surface area contributed by atoms with Crippen LogP contribution in [0.25, 0.3) is 0 Å². The molecule has 0 rings (SSSR count). The first kappa shape index (κ1) is 88.9. The van der Waals surface area contributed by atoms with Gasteiger partial charge in [0.2, 0.25) is 8.32 Å². The van der Waals surface area contributed by atoms with Gasteiger partial charge in [-0.25, -0.2) is 0 Å². The lowest BCUT2D eigenvalue weighted by molar-refractivity contribution is 0.466. The smallest absolute Gasteiger partial charge is 0.206 e. The molecule has 15 heteroatoms. The summed E-state index contributed by atoms with van der Waals surface area (Å²) in [7, 11) is -15.5. The highest BCUT2D eigenvalue weighted by atomic mass is 28.4. The highest BCUT2D eigenvalue weighted by Gasteiger charge is 2.42. The van der Waals surface area contributed by atoms with Gasteiger partial charge in [0, 0.05) is 8.07 Å². The molecule has 0 aliphatic rings. The monoisotopic (exact) mass is 1090 g/mol. The van der Waals surface area contributed by atoms with Gasteiger partial charge >= 0.3 is 0 Å². The number of hydrogen-bond acceptors (Lipinski definition) is 5. The maximum absolute atomic E-state index is 8.85. The van der Waals surface area contributed by atoms with Gasteiger partial charge in [0.05, 0.1) is 0 Å². The summed E-state index contributed by atoms with van der Waals surface area (Å²) in [6, 6.07) is 1.30. The zero-order valence-electron chi connectivity index (χ0n) is 44.9. The van der Waals surface area contributed by atoms with Gasteiger partial charge in [-0.15, -0.1) is 26.3 Å². The Hall–Kier alpha value is 0.929. The third-order valence-electron chi connectivity index (χ3n) is 10.6. The summed E-state index contributed by atoms with van der Waals surface area (Å²) in [6.45, 7) is 75.0. The molecule has 0 heterocycles. The molecule has 3 atom stereocenters. The van der Waals surface area contributed by atoms with E-state index >= 15 is 0 Å². The van der Waals surface area contributed by atoms with E-state index in [1.165, 1.54) is 44.6 Å². The zero-order valence-corrected chi connectivity index (χ0v) is 54.9. The normalized spacial score (nSPS) is 13.8. The van der Waals surface area contributed by atoms with Crippen molar-refractivity contribution in [2.24, 2.45) is 0 Å². The Labute approximate surface area is 427 Å². The second-order valence-corrected chi connectivity index (χ2v) is 67.6. The van der Waals surface area contributed by atoms with Gasteiger partial charge < -0.3 is 21.3 Å². The van der Waals surface area contributed by atoms with Crippen LogP contribution in [0.1, 0.15) is 104 Å². The van der Waals surface area contributed by atoms with Gasteiger partial charge in [0.15, 0.2) is 66.5 Å². The predicted molar refractivity (Wildman–Crippen MR) is 341 cm³/mol. The Morgan fingerprint density at radius 3 is 0.938 bits per heavy atom. The van der Waals surface area contributed by atoms with E-state index in [2.05, 4.69) is 185 Å². The highest BCUT2D eigenvalue weighted by Crippen LogP contribution is 2.45. The zero-order chi connectivity index (χ0) is 48.3. The van der Waals surface area contributed by atoms with E-state index in [9.17, 15) is 0 Å². The molecule has 5 nitrogen and oxygen atoms in total. The lowest BCUT2D eigenvalue weighted by Gasteiger charge is -2.42. The molecule has 0 radical (unpaired) electrons. The third-order valence-corrected chi connectivity index (χ3v) is 42.2. The minimum Gasteiger partial charge on any atom is -0.456 e. The van der Waals surface area contributed by atoms with E-state index < -0.39 is 82.9 Å². The molecule has 0 aliphatic heterocycles. The Bertz CT molecular complexity index is 1180. The van der Waals surface area contributed by atoms with Crippen LogP contribution in [0.15, 0.2) is 49.1 Å². The summed E-state index contributed by atoms with van der Waals surface area (Å²) < 4.78 is 25.8. The second-order valence-electron chi connectivity index (χ2n) is 23.7. The van der Waals surface area contributed by atoms with Crippen LogP contribution in [0.2, 0.25) is 173 Å². The van der Waals surface area contributed by atoms with Crippen molar-refractivity contribution in [2.75, 3.05) is 0 Å². The molecule has 3 unspecified atom stereocenters. The molecule has 0 aromatic heterocycles. The molecule has 0 saturated heterocycles. The molecular weight excluding hydrogens is 961 g/mol. The summed E-state index contributed by atoms with van der Waals surface area (Å²) in [5.41, 5.74) is 10.0. The minimum absolute atomic E-state index is 0. The quantitative estimate of drug-likeness (QED) is 0.0976. The Morgan fingerprint density at radius 1 is 0.415 bits per heavy atom. The van der Waals surface area contributed by atoms with E-state index in [-0.39, 0.29) is 44.6 Å². The first-order chi connectivity index (χ1) is 25.9. The number of hydrogen-bond donors (Lipinski definition) is 1. The summed E-state index contributed by atoms with van der Waals surface area (Å²) in [6.07, 6.45) is 7.99. The lowest BCUT2D eigenvalue weighted by Crippen LogP contribution is -2.47. The largest absolute Gasteiger partial charge is 0.456 e. The van der Waals surface area contributed by atoms with Crippen LogP contribution >= 0.6 is 0 Å². The second kappa shape index (κ2) is 36.8. The fourth-order valence-corrected chi connectivity index (χ4v) is 41.2. The molecule has 0 amide bonds. The molecule has 0 aliphatic carbocycles. The molecule has 0 aromatic carbocycles. The van der Waals surface area contributed by atoms with Gasteiger partial charge in [-0.3, -0.25) is 0 Å². The molecule has 0 fully saturated rings. The first-order valence-electron chi connectivity index (χ1n) is 22.9. The Morgan fingerprint density at radius 2 is 0.708 bits per heavy atom. The first-order valence-corrected chi connectivity index (χ1v) is 54.4. The topological polar surface area (TPSA) is 57.2 Å². The van der Waals surface area contributed by atoms with Gasteiger partial charge in [0.1, 0.15) is 0 Å². The van der Waals surface area contributed by atoms with E-state index in [4.69, 9.17) is 21.3 Å². The standard InChI is InChI=1S/C25H62O2Si5.C8H18OSi2.C7H18OSi2.C4H10OSi.6CH4/c1-16-21-30(10,11)27-31(12,13)23(17-2)19-20-25(28(4,5)6)22-24(18-3)32(14,15)26-29(7,8)9;1-7-10(3,4)9-11(5,6)8-2;1-7-10(5,6)8-9(2,3)4;1-4-6(2,3)5;;;;;;/h23-25H,16-22H2,1-15H3;7-8H,1-2H2,3-6H3;7H,1H2,2-6H3;4-5H,1H2,2-3H3;6*1H4. The van der Waals surface area contributed by atoms with Gasteiger partial charge in [-0.1, -0.05) is 146 Å². The minimum atomic E-state index is -1.87. The molecule has 402 valence electrons. The van der Waals surface area contributed by atoms with Crippen LogP contribution in [0.4, 0.5) is 0 Å². The predicted octanol–water partition coefficient (Wildman–Crippen LogP) is 20.7. The molecule has 65 heavy (non-hydrogen) atoms. The molecule has 0 spiro atoms. The van der Waals surface area contributed by atoms with E-state index in [0.717, 1.165) is 16.6 Å². The average molecular weight is 1090 g/mol. The summed E-state index contributed by atoms with van der Waals surface area (Å²) in [4.78, 5) is 8.85. The van der Waals surface area contributed by atoms with Crippen molar-refractivity contribution in [1.82, 2.24) is 0 Å². The fourth-order valence-electron chi connectivity index (χ4n) is 7.55. The summed E-state index contributed by atoms with van der Waals surface area (Å²) in [5, 5.41) is 0. The van der Waals surface area contributed by atoms with Gasteiger partial charge in [-0.2, -0.15) is 0 Å². The van der Waals surface area contributed by atoms with Crippen LogP contribution in [-0.4, -0.2) is 87.7 Å². The fraction of sp³-hybridized carbons (Fsp3) is 0.840. The SMILES string of the molecule is C.C.C.C.C.C.C=C[Si](C)(C)O.C=C[Si](C)(C)O[Si](C)(C)C.C=C[Si](C)(C)O[Si](C)(C)C=C.CCC[Si](C)(C)O[Si](C)(C)C(CC)CCC(CC(CC)[Si](C)(C)O[Si](C)(C)C)[Si](C)(C)C. The average Bonchev–Trinajstić information content (AvgIpc) is 2.99. The van der Waals surface area contributed by atoms with Crippen molar-refractivity contribution < 1.29 is 21.3 Å². The third kappa shape index (κ3) is 49.7. The van der Waals surface area contributed by atoms with Crippen LogP contribution in [-0.2, 0) is 16.5 Å². The maximum Gasteiger partial charge on any atom is 0.206 e. The van der Waals surface area contributed by atoms with Crippen molar-refractivity contribution in [3.63, 3.8) is 0 Å². The van der Waals surface area contributed by atoms with Gasteiger partial charge in [0.25, 0.3) is 0 Å². The Balaban J connectivity index is -0.0000000944. The van der Waals surface area contributed by atoms with Crippen LogP contribution in [0.3, 0.4) is 0 Å². The maximum atomic E-state index is 8.85. The van der Waals surface area contributed by atoms with Crippen molar-refractivity contribution in [3.8, 4) is 0 Å². The molecule has 0 aromatic rings. The number of rotatable bonds is 24. The van der Waals surface area contributed by atoms with Crippen molar-refractivity contribution >= 4 is 82.9 Å². The lowest BCUT2D eigenvalue weighted by atomic mass is 10.1. The van der Waals surface area contributed by atoms with Crippen LogP contribution in [0.5, 0.6) is 0 Å². The van der Waals surface area contributed by atoms with E-state index in [0.29, 0.717) is 0 Å². The van der Waals surface area contributed by atoms with Crippen LogP contribution < -0.4 is 0 Å². The summed E-state index contributed by atoms with van der Waals surface area (Å²) in [5.74, 6) is 0. The van der Waals surface area contributed by atoms with E-state index in [1.54, 1.807) is 5.70 Å². The van der Waals surface area contributed by atoms with Gasteiger partial charge in [-0.05, 0) is 154 Å².